The number of nitrogens with zero attached hydrogens (tertiary/aromatic N) is 1. The molecule has 32 heavy (non-hydrogen) atoms. The van der Waals surface area contributed by atoms with Gasteiger partial charge in [-0.15, -0.1) is 0 Å². The van der Waals surface area contributed by atoms with Gasteiger partial charge in [0, 0.05) is 18.8 Å². The topological polar surface area (TPSA) is 52.6 Å². The molecule has 0 bridgehead atoms. The first-order valence-electron chi connectivity index (χ1n) is 11.8. The Balaban J connectivity index is 2.59. The molecule has 0 heterocycles. The highest BCUT2D eigenvalue weighted by Gasteiger charge is 2.23. The molecule has 1 unspecified atom stereocenters. The summed E-state index contributed by atoms with van der Waals surface area (Å²) in [4.78, 5) is 13.5. The Labute approximate surface area is 192 Å². The normalized spacial score (nSPS) is 12.3. The van der Waals surface area contributed by atoms with E-state index in [-0.39, 0.29) is 18.2 Å². The third-order valence-electron chi connectivity index (χ3n) is 5.60. The van der Waals surface area contributed by atoms with E-state index in [1.54, 1.807) is 0 Å². The third kappa shape index (κ3) is 7.25. The van der Waals surface area contributed by atoms with Crippen LogP contribution in [0.5, 0.6) is 0 Å². The monoisotopic (exact) mass is 442 g/mol. The molecule has 0 spiro atoms. The predicted molar refractivity (Wildman–Crippen MR) is 133 cm³/mol. The minimum Gasteiger partial charge on any atom is -0.481 e. The van der Waals surface area contributed by atoms with E-state index < -0.39 is 5.97 Å². The summed E-state index contributed by atoms with van der Waals surface area (Å²) in [6.45, 7) is 14.1. The van der Waals surface area contributed by atoms with Gasteiger partial charge >= 0.3 is 5.97 Å². The molecule has 0 aliphatic carbocycles. The number of aliphatic carboxylic acids is 1. The van der Waals surface area contributed by atoms with Crippen molar-refractivity contribution in [3.63, 3.8) is 0 Å². The zero-order chi connectivity index (χ0) is 23.8. The van der Waals surface area contributed by atoms with E-state index in [0.717, 1.165) is 30.8 Å². The highest BCUT2D eigenvalue weighted by Crippen LogP contribution is 2.37. The first-order chi connectivity index (χ1) is 15.1. The number of nitrogens with one attached hydrogen (secondary N) is 1. The van der Waals surface area contributed by atoms with E-state index >= 15 is 4.39 Å². The second kappa shape index (κ2) is 11.9. The van der Waals surface area contributed by atoms with E-state index in [2.05, 4.69) is 57.0 Å². The summed E-state index contributed by atoms with van der Waals surface area (Å²) in [6, 6.07) is 11.6. The van der Waals surface area contributed by atoms with Crippen LogP contribution in [0.3, 0.4) is 0 Å². The van der Waals surface area contributed by atoms with E-state index in [1.807, 2.05) is 25.1 Å². The van der Waals surface area contributed by atoms with Gasteiger partial charge in [0.25, 0.3) is 0 Å². The average molecular weight is 443 g/mol. The van der Waals surface area contributed by atoms with Crippen molar-refractivity contribution >= 4 is 23.0 Å². The molecule has 0 fully saturated rings. The van der Waals surface area contributed by atoms with Crippen molar-refractivity contribution in [1.82, 2.24) is 0 Å². The smallest absolute Gasteiger partial charge is 0.303 e. The summed E-state index contributed by atoms with van der Waals surface area (Å²) in [5.41, 5.74) is 4.10. The largest absolute Gasteiger partial charge is 0.481 e. The molecule has 2 aromatic carbocycles. The van der Waals surface area contributed by atoms with Crippen LogP contribution in [0.15, 0.2) is 36.4 Å². The molecule has 0 amide bonds. The van der Waals surface area contributed by atoms with Crippen molar-refractivity contribution < 1.29 is 14.3 Å². The molecule has 2 rings (SSSR count). The van der Waals surface area contributed by atoms with E-state index in [9.17, 15) is 9.90 Å². The number of carbonyl (C=O) groups is 1. The van der Waals surface area contributed by atoms with E-state index in [4.69, 9.17) is 0 Å². The minimum atomic E-state index is -0.868. The SMILES string of the molecule is CCc1ccc(Nc2cc(C(CC)CC(=O)O)cc(F)c2N(CC(C)C)CC(C)C)cc1. The predicted octanol–water partition coefficient (Wildman–Crippen LogP) is 7.22. The quantitative estimate of drug-likeness (QED) is 0.364. The molecule has 0 saturated heterocycles. The number of halogens is 1. The molecule has 5 heteroatoms. The highest BCUT2D eigenvalue weighted by atomic mass is 19.1. The highest BCUT2D eigenvalue weighted by molar-refractivity contribution is 5.77. The number of hydrogen-bond donors (Lipinski definition) is 2. The Morgan fingerprint density at radius 1 is 1.03 bits per heavy atom. The minimum absolute atomic E-state index is 0.0123. The molecule has 2 aromatic rings. The molecule has 0 aliphatic rings. The first kappa shape index (κ1) is 25.7. The second-order valence-corrected chi connectivity index (χ2v) is 9.47. The molecular formula is C27H39FN2O2. The summed E-state index contributed by atoms with van der Waals surface area (Å²) >= 11 is 0. The molecule has 176 valence electrons. The Morgan fingerprint density at radius 2 is 1.62 bits per heavy atom. The second-order valence-electron chi connectivity index (χ2n) is 9.47. The Bertz CT molecular complexity index is 868. The van der Waals surface area contributed by atoms with Gasteiger partial charge in [0.15, 0.2) is 0 Å². The van der Waals surface area contributed by atoms with Gasteiger partial charge in [-0.1, -0.05) is 53.7 Å². The fourth-order valence-electron chi connectivity index (χ4n) is 4.10. The van der Waals surface area contributed by atoms with Crippen molar-refractivity contribution in [2.75, 3.05) is 23.3 Å². The average Bonchev–Trinajstić information content (AvgIpc) is 2.71. The summed E-state index contributed by atoms with van der Waals surface area (Å²) in [7, 11) is 0. The zero-order valence-corrected chi connectivity index (χ0v) is 20.4. The standard InChI is InChI=1S/C27H39FN2O2/c1-7-20-9-11-23(12-10-20)29-25-14-22(21(8-2)15-26(31)32)13-24(28)27(25)30(16-18(3)4)17-19(5)6/h9-14,18-19,21,29H,7-8,15-17H2,1-6H3,(H,31,32). The van der Waals surface area contributed by atoms with Crippen molar-refractivity contribution in [2.45, 2.75) is 66.7 Å². The van der Waals surface area contributed by atoms with Crippen LogP contribution in [0.4, 0.5) is 21.5 Å². The van der Waals surface area contributed by atoms with Crippen LogP contribution in [0.2, 0.25) is 0 Å². The number of benzene rings is 2. The maximum absolute atomic E-state index is 15.7. The van der Waals surface area contributed by atoms with Crippen LogP contribution in [0, 0.1) is 17.7 Å². The lowest BCUT2D eigenvalue weighted by Crippen LogP contribution is -2.32. The maximum atomic E-state index is 15.7. The van der Waals surface area contributed by atoms with Gasteiger partial charge < -0.3 is 15.3 Å². The number of carboxylic acids is 1. The molecule has 2 N–H and O–H groups in total. The Kier molecular flexibility index (Phi) is 9.55. The van der Waals surface area contributed by atoms with Gasteiger partial charge in [-0.05, 0) is 66.0 Å². The van der Waals surface area contributed by atoms with Gasteiger partial charge in [-0.25, -0.2) is 4.39 Å². The van der Waals surface area contributed by atoms with Crippen molar-refractivity contribution in [3.05, 3.63) is 53.3 Å². The van der Waals surface area contributed by atoms with Gasteiger partial charge in [-0.3, -0.25) is 4.79 Å². The number of rotatable bonds is 12. The zero-order valence-electron chi connectivity index (χ0n) is 20.4. The van der Waals surface area contributed by atoms with Crippen molar-refractivity contribution in [1.29, 1.82) is 0 Å². The maximum Gasteiger partial charge on any atom is 0.303 e. The molecule has 4 nitrogen and oxygen atoms in total. The summed E-state index contributed by atoms with van der Waals surface area (Å²) in [6.07, 6.45) is 1.58. The lowest BCUT2D eigenvalue weighted by atomic mass is 9.92. The van der Waals surface area contributed by atoms with E-state index in [1.165, 1.54) is 11.6 Å². The molecule has 0 aliphatic heterocycles. The van der Waals surface area contributed by atoms with Gasteiger partial charge in [-0.2, -0.15) is 0 Å². The lowest BCUT2D eigenvalue weighted by molar-refractivity contribution is -0.137. The number of carboxylic acid groups (broad SMARTS) is 1. The summed E-state index contributed by atoms with van der Waals surface area (Å²) < 4.78 is 15.7. The van der Waals surface area contributed by atoms with Crippen LogP contribution in [-0.2, 0) is 11.2 Å². The fourth-order valence-corrected chi connectivity index (χ4v) is 4.10. The molecule has 0 saturated carbocycles. The lowest BCUT2D eigenvalue weighted by Gasteiger charge is -2.32. The molecule has 0 radical (unpaired) electrons. The van der Waals surface area contributed by atoms with Crippen LogP contribution in [0.1, 0.15) is 71.4 Å². The van der Waals surface area contributed by atoms with Gasteiger partial charge in [0.2, 0.25) is 0 Å². The van der Waals surface area contributed by atoms with Crippen LogP contribution in [-0.4, -0.2) is 24.2 Å². The molecule has 0 aromatic heterocycles. The van der Waals surface area contributed by atoms with Crippen LogP contribution < -0.4 is 10.2 Å². The molecular weight excluding hydrogens is 403 g/mol. The van der Waals surface area contributed by atoms with Crippen molar-refractivity contribution in [3.8, 4) is 0 Å². The van der Waals surface area contributed by atoms with Gasteiger partial charge in [0.05, 0.1) is 17.8 Å². The van der Waals surface area contributed by atoms with Crippen LogP contribution >= 0.6 is 0 Å². The Morgan fingerprint density at radius 3 is 2.09 bits per heavy atom. The van der Waals surface area contributed by atoms with Gasteiger partial charge in [0.1, 0.15) is 5.82 Å². The summed E-state index contributed by atoms with van der Waals surface area (Å²) in [5.74, 6) is -0.657. The first-order valence-corrected chi connectivity index (χ1v) is 11.8. The van der Waals surface area contributed by atoms with E-state index in [0.29, 0.717) is 29.6 Å². The fraction of sp³-hybridized carbons (Fsp3) is 0.519. The van der Waals surface area contributed by atoms with Crippen molar-refractivity contribution in [2.24, 2.45) is 11.8 Å². The number of hydrogen-bond acceptors (Lipinski definition) is 3. The molecule has 1 atom stereocenters. The summed E-state index contributed by atoms with van der Waals surface area (Å²) in [5, 5.41) is 12.8. The number of anilines is 3. The van der Waals surface area contributed by atoms with Crippen LogP contribution in [0.25, 0.3) is 0 Å². The Hall–Kier alpha value is -2.56. The number of aryl methyl sites for hydroxylation is 1. The third-order valence-corrected chi connectivity index (χ3v) is 5.60.